The highest BCUT2D eigenvalue weighted by Crippen LogP contribution is 2.23. The lowest BCUT2D eigenvalue weighted by atomic mass is 10.2. The van der Waals surface area contributed by atoms with Gasteiger partial charge in [-0.3, -0.25) is 4.79 Å². The molecule has 2 aromatic carbocycles. The van der Waals surface area contributed by atoms with Crippen molar-refractivity contribution in [3.05, 3.63) is 52.5 Å². The van der Waals surface area contributed by atoms with Crippen molar-refractivity contribution in [2.45, 2.75) is 18.7 Å². The maximum absolute atomic E-state index is 12.7. The molecule has 0 bridgehead atoms. The van der Waals surface area contributed by atoms with Crippen LogP contribution >= 0.6 is 11.6 Å². The Kier molecular flexibility index (Phi) is 6.28. The van der Waals surface area contributed by atoms with Gasteiger partial charge in [-0.05, 0) is 55.3 Å². The van der Waals surface area contributed by atoms with Crippen molar-refractivity contribution in [3.8, 4) is 5.75 Å². The van der Waals surface area contributed by atoms with E-state index in [2.05, 4.69) is 5.32 Å². The van der Waals surface area contributed by atoms with Gasteiger partial charge in [0.25, 0.3) is 0 Å². The number of aryl methyl sites for hydroxylation is 2. The Labute approximate surface area is 158 Å². The molecular formula is C18H21ClN2O4S. The molecule has 26 heavy (non-hydrogen) atoms. The predicted octanol–water partition coefficient (Wildman–Crippen LogP) is 3.22. The molecule has 0 saturated heterocycles. The molecule has 140 valence electrons. The van der Waals surface area contributed by atoms with Gasteiger partial charge in [-0.15, -0.1) is 0 Å². The number of hydrogen-bond acceptors (Lipinski definition) is 4. The van der Waals surface area contributed by atoms with E-state index in [1.165, 1.54) is 26.3 Å². The number of amides is 1. The molecular weight excluding hydrogens is 376 g/mol. The van der Waals surface area contributed by atoms with Gasteiger partial charge in [0.15, 0.2) is 0 Å². The highest BCUT2D eigenvalue weighted by molar-refractivity contribution is 7.89. The highest BCUT2D eigenvalue weighted by Gasteiger charge is 2.23. The number of nitrogens with zero attached hydrogens (tertiary/aromatic N) is 1. The van der Waals surface area contributed by atoms with Gasteiger partial charge in [0, 0.05) is 17.8 Å². The summed E-state index contributed by atoms with van der Waals surface area (Å²) in [6, 6.07) is 9.66. The first kappa shape index (κ1) is 20.2. The van der Waals surface area contributed by atoms with Crippen molar-refractivity contribution in [3.63, 3.8) is 0 Å². The number of hydrogen-bond donors (Lipinski definition) is 1. The fraction of sp³-hybridized carbons (Fsp3) is 0.278. The first-order valence-electron chi connectivity index (χ1n) is 7.82. The molecule has 0 aliphatic rings. The van der Waals surface area contributed by atoms with Crippen LogP contribution in [0.25, 0.3) is 0 Å². The topological polar surface area (TPSA) is 75.7 Å². The smallest absolute Gasteiger partial charge is 0.243 e. The summed E-state index contributed by atoms with van der Waals surface area (Å²) in [5, 5.41) is 3.17. The minimum atomic E-state index is -3.80. The van der Waals surface area contributed by atoms with Gasteiger partial charge in [-0.1, -0.05) is 17.7 Å². The SMILES string of the molecule is COc1ccc(S(=O)(=O)N(C)CC(=O)Nc2ccc(C)c(Cl)c2)cc1C. The minimum Gasteiger partial charge on any atom is -0.496 e. The standard InChI is InChI=1S/C18H21ClN2O4S/c1-12-5-6-14(10-16(12)19)20-18(22)11-21(3)26(23,24)15-7-8-17(25-4)13(2)9-15/h5-10H,11H2,1-4H3,(H,20,22). The van der Waals surface area contributed by atoms with Gasteiger partial charge in [0.2, 0.25) is 15.9 Å². The van der Waals surface area contributed by atoms with Crippen LogP contribution in [0.5, 0.6) is 5.75 Å². The second-order valence-electron chi connectivity index (χ2n) is 5.90. The van der Waals surface area contributed by atoms with E-state index in [0.717, 1.165) is 9.87 Å². The van der Waals surface area contributed by atoms with Crippen molar-refractivity contribution in [2.75, 3.05) is 26.0 Å². The van der Waals surface area contributed by atoms with Crippen LogP contribution in [0.3, 0.4) is 0 Å². The van der Waals surface area contributed by atoms with Crippen LogP contribution in [0.4, 0.5) is 5.69 Å². The van der Waals surface area contributed by atoms with Crippen LogP contribution in [0, 0.1) is 13.8 Å². The molecule has 0 unspecified atom stereocenters. The van der Waals surface area contributed by atoms with Gasteiger partial charge in [0.05, 0.1) is 18.6 Å². The van der Waals surface area contributed by atoms with E-state index in [4.69, 9.17) is 16.3 Å². The van der Waals surface area contributed by atoms with Crippen LogP contribution in [0.15, 0.2) is 41.3 Å². The lowest BCUT2D eigenvalue weighted by Crippen LogP contribution is -2.35. The van der Waals surface area contributed by atoms with Crippen LogP contribution in [0.1, 0.15) is 11.1 Å². The summed E-state index contributed by atoms with van der Waals surface area (Å²) in [7, 11) is -0.922. The maximum atomic E-state index is 12.7. The van der Waals surface area contributed by atoms with Gasteiger partial charge in [0.1, 0.15) is 5.75 Å². The first-order valence-corrected chi connectivity index (χ1v) is 9.64. The molecule has 0 spiro atoms. The van der Waals surface area contributed by atoms with Gasteiger partial charge in [-0.25, -0.2) is 8.42 Å². The van der Waals surface area contributed by atoms with Crippen molar-refractivity contribution in [2.24, 2.45) is 0 Å². The molecule has 0 aliphatic carbocycles. The number of methoxy groups -OCH3 is 1. The average Bonchev–Trinajstić information content (AvgIpc) is 2.57. The van der Waals surface area contributed by atoms with E-state index in [1.807, 2.05) is 6.92 Å². The number of halogens is 1. The zero-order chi connectivity index (χ0) is 19.5. The van der Waals surface area contributed by atoms with E-state index in [9.17, 15) is 13.2 Å². The number of carbonyl (C=O) groups excluding carboxylic acids is 1. The Morgan fingerprint density at radius 1 is 1.15 bits per heavy atom. The molecule has 0 heterocycles. The number of nitrogens with one attached hydrogen (secondary N) is 1. The van der Waals surface area contributed by atoms with Crippen LogP contribution < -0.4 is 10.1 Å². The van der Waals surface area contributed by atoms with Gasteiger partial charge < -0.3 is 10.1 Å². The Bertz CT molecular complexity index is 929. The van der Waals surface area contributed by atoms with Gasteiger partial charge in [-0.2, -0.15) is 4.31 Å². The zero-order valence-corrected chi connectivity index (χ0v) is 16.6. The van der Waals surface area contributed by atoms with Crippen molar-refractivity contribution in [1.82, 2.24) is 4.31 Å². The fourth-order valence-corrected chi connectivity index (χ4v) is 3.74. The van der Waals surface area contributed by atoms with Gasteiger partial charge >= 0.3 is 0 Å². The van der Waals surface area contributed by atoms with Crippen LogP contribution in [0.2, 0.25) is 5.02 Å². The number of likely N-dealkylation sites (N-methyl/N-ethyl adjacent to an activating group) is 1. The van der Waals surface area contributed by atoms with Crippen molar-refractivity contribution in [1.29, 1.82) is 0 Å². The molecule has 8 heteroatoms. The Morgan fingerprint density at radius 2 is 1.85 bits per heavy atom. The molecule has 2 aromatic rings. The molecule has 1 N–H and O–H groups in total. The summed E-state index contributed by atoms with van der Waals surface area (Å²) in [6.07, 6.45) is 0. The minimum absolute atomic E-state index is 0.101. The number of anilines is 1. The lowest BCUT2D eigenvalue weighted by molar-refractivity contribution is -0.116. The Morgan fingerprint density at radius 3 is 2.42 bits per heavy atom. The number of ether oxygens (including phenoxy) is 1. The zero-order valence-electron chi connectivity index (χ0n) is 15.0. The number of carbonyl (C=O) groups is 1. The highest BCUT2D eigenvalue weighted by atomic mass is 35.5. The molecule has 0 saturated carbocycles. The molecule has 0 aromatic heterocycles. The summed E-state index contributed by atoms with van der Waals surface area (Å²) in [5.74, 6) is 0.141. The molecule has 0 fully saturated rings. The van der Waals surface area contributed by atoms with Crippen molar-refractivity contribution >= 4 is 33.2 Å². The molecule has 0 radical (unpaired) electrons. The number of sulfonamides is 1. The third-order valence-electron chi connectivity index (χ3n) is 3.90. The average molecular weight is 397 g/mol. The number of benzene rings is 2. The van der Waals surface area contributed by atoms with Crippen LogP contribution in [-0.2, 0) is 14.8 Å². The molecule has 1 amide bonds. The summed E-state index contributed by atoms with van der Waals surface area (Å²) >= 11 is 6.03. The third-order valence-corrected chi connectivity index (χ3v) is 6.10. The summed E-state index contributed by atoms with van der Waals surface area (Å²) in [6.45, 7) is 3.29. The Balaban J connectivity index is 2.11. The third kappa shape index (κ3) is 4.55. The second-order valence-corrected chi connectivity index (χ2v) is 8.36. The monoisotopic (exact) mass is 396 g/mol. The van der Waals surface area contributed by atoms with E-state index in [0.29, 0.717) is 22.0 Å². The molecule has 6 nitrogen and oxygen atoms in total. The van der Waals surface area contributed by atoms with Crippen LogP contribution in [-0.4, -0.2) is 39.3 Å². The van der Waals surface area contributed by atoms with E-state index in [-0.39, 0.29) is 11.4 Å². The molecule has 0 atom stereocenters. The first-order chi connectivity index (χ1) is 12.1. The van der Waals surface area contributed by atoms with E-state index < -0.39 is 15.9 Å². The quantitative estimate of drug-likeness (QED) is 0.813. The maximum Gasteiger partial charge on any atom is 0.243 e. The van der Waals surface area contributed by atoms with E-state index >= 15 is 0 Å². The lowest BCUT2D eigenvalue weighted by Gasteiger charge is -2.18. The summed E-state index contributed by atoms with van der Waals surface area (Å²) in [4.78, 5) is 12.3. The fourth-order valence-electron chi connectivity index (χ4n) is 2.35. The Hall–Kier alpha value is -2.09. The predicted molar refractivity (Wildman–Crippen MR) is 102 cm³/mol. The molecule has 0 aliphatic heterocycles. The summed E-state index contributed by atoms with van der Waals surface area (Å²) < 4.78 is 31.4. The molecule has 2 rings (SSSR count). The van der Waals surface area contributed by atoms with E-state index in [1.54, 1.807) is 31.2 Å². The van der Waals surface area contributed by atoms with Crippen molar-refractivity contribution < 1.29 is 17.9 Å². The normalized spacial score (nSPS) is 11.5. The second kappa shape index (κ2) is 8.07. The largest absolute Gasteiger partial charge is 0.496 e. The summed E-state index contributed by atoms with van der Waals surface area (Å²) in [5.41, 5.74) is 2.09. The number of rotatable bonds is 6.